The molecule has 40 heavy (non-hydrogen) atoms. The number of nitrogens with two attached hydrogens (primary N) is 1. The molecule has 0 spiro atoms. The molecule has 0 saturated carbocycles. The molecule has 1 aliphatic heterocycles. The number of carbonyl (C=O) groups is 1. The third-order valence-electron chi connectivity index (χ3n) is 5.80. The highest BCUT2D eigenvalue weighted by Gasteiger charge is 2.31. The minimum atomic E-state index is -1.12. The van der Waals surface area contributed by atoms with Crippen molar-refractivity contribution in [3.05, 3.63) is 82.0 Å². The number of halogens is 1. The average molecular weight is 551 g/mol. The number of ether oxygens (including phenoxy) is 3. The molecule has 14 nitrogen and oxygen atoms in total. The Morgan fingerprint density at radius 2 is 1.95 bits per heavy atom. The van der Waals surface area contributed by atoms with E-state index in [0.717, 1.165) is 4.68 Å². The molecule has 4 aromatic rings. The molecule has 0 saturated heterocycles. The number of rotatable bonds is 9. The van der Waals surface area contributed by atoms with E-state index < -0.39 is 30.1 Å². The summed E-state index contributed by atoms with van der Waals surface area (Å²) in [7, 11) is 1.41. The minimum Gasteiger partial charge on any atom is -0.493 e. The van der Waals surface area contributed by atoms with Crippen LogP contribution in [0.4, 0.5) is 10.1 Å². The van der Waals surface area contributed by atoms with Crippen LogP contribution in [0.5, 0.6) is 17.2 Å². The van der Waals surface area contributed by atoms with E-state index in [2.05, 4.69) is 30.4 Å². The number of anilines is 1. The second kappa shape index (κ2) is 11.1. The van der Waals surface area contributed by atoms with Crippen molar-refractivity contribution >= 4 is 17.5 Å². The van der Waals surface area contributed by atoms with Gasteiger partial charge in [-0.2, -0.15) is 0 Å². The van der Waals surface area contributed by atoms with Crippen LogP contribution in [0.1, 0.15) is 23.0 Å². The first kappa shape index (κ1) is 26.1. The fourth-order valence-corrected chi connectivity index (χ4v) is 3.98. The van der Waals surface area contributed by atoms with Crippen LogP contribution in [-0.4, -0.2) is 68.5 Å². The lowest BCUT2D eigenvalue weighted by atomic mass is 10.0. The summed E-state index contributed by atoms with van der Waals surface area (Å²) < 4.78 is 33.5. The van der Waals surface area contributed by atoms with Gasteiger partial charge in [0, 0.05) is 29.2 Å². The Labute approximate surface area is 225 Å². The number of aliphatic carboxylic acids is 1. The summed E-state index contributed by atoms with van der Waals surface area (Å²) in [5.41, 5.74) is 6.25. The van der Waals surface area contributed by atoms with E-state index in [4.69, 9.17) is 25.1 Å². The van der Waals surface area contributed by atoms with E-state index in [-0.39, 0.29) is 53.6 Å². The highest BCUT2D eigenvalue weighted by molar-refractivity contribution is 5.98. The van der Waals surface area contributed by atoms with Gasteiger partial charge in [0.05, 0.1) is 7.11 Å². The molecule has 2 aromatic heterocycles. The summed E-state index contributed by atoms with van der Waals surface area (Å²) in [6, 6.07) is 8.45. The Morgan fingerprint density at radius 3 is 2.62 bits per heavy atom. The number of methoxy groups -OCH3 is 1. The van der Waals surface area contributed by atoms with Crippen molar-refractivity contribution in [2.24, 2.45) is 10.7 Å². The topological polar surface area (TPSA) is 192 Å². The molecule has 1 aliphatic rings. The van der Waals surface area contributed by atoms with Crippen LogP contribution in [0.15, 0.2) is 58.6 Å². The third kappa shape index (κ3) is 5.24. The van der Waals surface area contributed by atoms with Crippen molar-refractivity contribution < 1.29 is 28.5 Å². The fraction of sp³-hybridized carbons (Fsp3) is 0.200. The van der Waals surface area contributed by atoms with Gasteiger partial charge in [0.1, 0.15) is 31.6 Å². The standard InChI is InChI=1S/C25H23FN8O6/c1-38-16-11-15(18(26)21-20(16)39-9-10-40-21)19(23-32-25(37)34(33-23)24-28-7-2-8-29-24)31-14-5-3-13(4-6-14)22(27)30-12-17(35)36/h2-8,11,19,31H,9-10,12H2,1H3,(H2,27,30)(H,35,36)(H,32,33,37)/t19-/m0/s1. The van der Waals surface area contributed by atoms with E-state index in [0.29, 0.717) is 11.3 Å². The first-order chi connectivity index (χ1) is 19.4. The van der Waals surface area contributed by atoms with E-state index in [1.54, 1.807) is 30.3 Å². The van der Waals surface area contributed by atoms with Gasteiger partial charge in [-0.3, -0.25) is 14.8 Å². The van der Waals surface area contributed by atoms with Gasteiger partial charge in [0.15, 0.2) is 17.4 Å². The Balaban J connectivity index is 1.58. The number of carboxylic acid groups (broad SMARTS) is 1. The summed E-state index contributed by atoms with van der Waals surface area (Å²) in [6.45, 7) is -0.109. The van der Waals surface area contributed by atoms with Gasteiger partial charge in [-0.25, -0.2) is 19.2 Å². The second-order valence-corrected chi connectivity index (χ2v) is 8.36. The second-order valence-electron chi connectivity index (χ2n) is 8.36. The predicted molar refractivity (Wildman–Crippen MR) is 139 cm³/mol. The highest BCUT2D eigenvalue weighted by Crippen LogP contribution is 2.45. The van der Waals surface area contributed by atoms with E-state index in [9.17, 15) is 9.59 Å². The van der Waals surface area contributed by atoms with Gasteiger partial charge in [-0.15, -0.1) is 9.78 Å². The van der Waals surface area contributed by atoms with Gasteiger partial charge in [0.2, 0.25) is 11.5 Å². The van der Waals surface area contributed by atoms with Gasteiger partial charge in [-0.1, -0.05) is 0 Å². The van der Waals surface area contributed by atoms with Crippen molar-refractivity contribution in [3.63, 3.8) is 0 Å². The van der Waals surface area contributed by atoms with Gasteiger partial charge in [-0.05, 0) is 36.4 Å². The maximum absolute atomic E-state index is 15.9. The lowest BCUT2D eigenvalue weighted by Gasteiger charge is -2.25. The van der Waals surface area contributed by atoms with Crippen LogP contribution in [0.2, 0.25) is 0 Å². The first-order valence-electron chi connectivity index (χ1n) is 11.9. The third-order valence-corrected chi connectivity index (χ3v) is 5.80. The minimum absolute atomic E-state index is 0.0226. The van der Waals surface area contributed by atoms with Crippen LogP contribution in [-0.2, 0) is 4.79 Å². The molecule has 2 aromatic carbocycles. The van der Waals surface area contributed by atoms with E-state index in [1.165, 1.54) is 25.6 Å². The number of amidine groups is 1. The molecule has 0 amide bonds. The number of benzene rings is 2. The monoisotopic (exact) mass is 550 g/mol. The summed E-state index contributed by atoms with van der Waals surface area (Å²) in [5.74, 6) is -1.51. The van der Waals surface area contributed by atoms with Gasteiger partial charge < -0.3 is 30.4 Å². The molecule has 0 bridgehead atoms. The number of H-pyrrole nitrogens is 1. The van der Waals surface area contributed by atoms with Crippen LogP contribution < -0.4 is 31.0 Å². The smallest absolute Gasteiger partial charge is 0.350 e. The van der Waals surface area contributed by atoms with Crippen LogP contribution >= 0.6 is 0 Å². The molecule has 206 valence electrons. The number of aromatic amines is 1. The quantitative estimate of drug-likeness (QED) is 0.173. The molecular weight excluding hydrogens is 527 g/mol. The summed E-state index contributed by atoms with van der Waals surface area (Å²) in [4.78, 5) is 38.2. The summed E-state index contributed by atoms with van der Waals surface area (Å²) >= 11 is 0. The van der Waals surface area contributed by atoms with Crippen LogP contribution in [0.3, 0.4) is 0 Å². The Bertz CT molecular complexity index is 1620. The fourth-order valence-electron chi connectivity index (χ4n) is 3.98. The van der Waals surface area contributed by atoms with Crippen LogP contribution in [0, 0.1) is 5.82 Å². The zero-order valence-corrected chi connectivity index (χ0v) is 21.0. The Morgan fingerprint density at radius 1 is 1.25 bits per heavy atom. The lowest BCUT2D eigenvalue weighted by molar-refractivity contribution is -0.135. The normalized spacial score (nSPS) is 13.5. The van der Waals surface area contributed by atoms with Crippen molar-refractivity contribution in [3.8, 4) is 23.2 Å². The number of fused-ring (bicyclic) bond motifs is 1. The SMILES string of the molecule is COc1cc([C@H](Nc2ccc(C(N)=NCC(=O)O)cc2)c2nn(-c3ncccn3)c(=O)[nH]2)c(F)c2c1OCCO2. The van der Waals surface area contributed by atoms with E-state index in [1.807, 2.05) is 0 Å². The summed E-state index contributed by atoms with van der Waals surface area (Å²) in [6.07, 6.45) is 2.91. The number of hydrogen-bond acceptors (Lipinski definition) is 10. The first-order valence-corrected chi connectivity index (χ1v) is 11.9. The molecule has 0 unspecified atom stereocenters. The lowest BCUT2D eigenvalue weighted by Crippen LogP contribution is -2.21. The van der Waals surface area contributed by atoms with Crippen molar-refractivity contribution in [2.75, 3.05) is 32.2 Å². The number of aromatic nitrogens is 5. The molecule has 0 radical (unpaired) electrons. The zero-order valence-electron chi connectivity index (χ0n) is 21.0. The molecule has 5 rings (SSSR count). The molecule has 3 heterocycles. The molecular formula is C25H23FN8O6. The largest absolute Gasteiger partial charge is 0.493 e. The number of carboxylic acids is 1. The van der Waals surface area contributed by atoms with Crippen molar-refractivity contribution in [2.45, 2.75) is 6.04 Å². The highest BCUT2D eigenvalue weighted by atomic mass is 19.1. The molecule has 0 aliphatic carbocycles. The van der Waals surface area contributed by atoms with Crippen LogP contribution in [0.25, 0.3) is 5.95 Å². The van der Waals surface area contributed by atoms with Gasteiger partial charge >= 0.3 is 11.7 Å². The van der Waals surface area contributed by atoms with E-state index >= 15 is 4.39 Å². The molecule has 5 N–H and O–H groups in total. The number of hydrogen-bond donors (Lipinski definition) is 4. The Kier molecular flexibility index (Phi) is 7.26. The summed E-state index contributed by atoms with van der Waals surface area (Å²) in [5, 5.41) is 16.3. The number of nitrogens with zero attached hydrogens (tertiary/aromatic N) is 5. The predicted octanol–water partition coefficient (Wildman–Crippen LogP) is 1.26. The zero-order chi connectivity index (χ0) is 28.2. The maximum atomic E-state index is 15.9. The molecule has 1 atom stereocenters. The Hall–Kier alpha value is -5.47. The number of aliphatic imine (C=N–C) groups is 1. The average Bonchev–Trinajstić information content (AvgIpc) is 3.37. The maximum Gasteiger partial charge on any atom is 0.350 e. The molecule has 15 heteroatoms. The van der Waals surface area contributed by atoms with Gasteiger partial charge in [0.25, 0.3) is 5.95 Å². The molecule has 0 fully saturated rings. The van der Waals surface area contributed by atoms with Crippen molar-refractivity contribution in [1.82, 2.24) is 24.7 Å². The number of nitrogens with one attached hydrogen (secondary N) is 2. The van der Waals surface area contributed by atoms with Crippen molar-refractivity contribution in [1.29, 1.82) is 0 Å².